The van der Waals surface area contributed by atoms with Crippen LogP contribution in [0.25, 0.3) is 0 Å². The smallest absolute Gasteiger partial charge is 0.276 e. The lowest BCUT2D eigenvalue weighted by atomic mass is 10.1. The number of carbonyl (C=O) groups excluding carboxylic acids is 2. The van der Waals surface area contributed by atoms with Crippen molar-refractivity contribution in [3.63, 3.8) is 0 Å². The van der Waals surface area contributed by atoms with Gasteiger partial charge in [-0.2, -0.15) is 0 Å². The fourth-order valence-electron chi connectivity index (χ4n) is 2.83. The zero-order chi connectivity index (χ0) is 19.4. The van der Waals surface area contributed by atoms with Gasteiger partial charge in [0.15, 0.2) is 0 Å². The van der Waals surface area contributed by atoms with Crippen molar-refractivity contribution in [3.8, 4) is 0 Å². The third-order valence-corrected chi connectivity index (χ3v) is 4.41. The summed E-state index contributed by atoms with van der Waals surface area (Å²) in [4.78, 5) is 31.0. The lowest BCUT2D eigenvalue weighted by Gasteiger charge is -2.17. The SMILES string of the molecule is Cc1cccc(C)c1NC(=O)c1ccnc(C(=O)N(C)c2ccccc2)c1. The van der Waals surface area contributed by atoms with E-state index >= 15 is 0 Å². The van der Waals surface area contributed by atoms with E-state index in [0.29, 0.717) is 5.56 Å². The van der Waals surface area contributed by atoms with Gasteiger partial charge in [0.05, 0.1) is 0 Å². The first kappa shape index (κ1) is 18.3. The van der Waals surface area contributed by atoms with Crippen molar-refractivity contribution in [2.75, 3.05) is 17.3 Å². The Kier molecular flexibility index (Phi) is 5.31. The van der Waals surface area contributed by atoms with E-state index in [2.05, 4.69) is 10.3 Å². The summed E-state index contributed by atoms with van der Waals surface area (Å²) in [6, 6.07) is 18.2. The Hall–Kier alpha value is -3.47. The molecular formula is C22H21N3O2. The minimum atomic E-state index is -0.275. The van der Waals surface area contributed by atoms with E-state index < -0.39 is 0 Å². The van der Waals surface area contributed by atoms with Crippen LogP contribution < -0.4 is 10.2 Å². The van der Waals surface area contributed by atoms with E-state index in [-0.39, 0.29) is 17.5 Å². The highest BCUT2D eigenvalue weighted by atomic mass is 16.2. The number of hydrogen-bond acceptors (Lipinski definition) is 3. The third kappa shape index (κ3) is 4.03. The highest BCUT2D eigenvalue weighted by molar-refractivity contribution is 6.08. The summed E-state index contributed by atoms with van der Waals surface area (Å²) in [7, 11) is 1.68. The summed E-state index contributed by atoms with van der Waals surface area (Å²) in [6.45, 7) is 3.89. The second-order valence-electron chi connectivity index (χ2n) is 6.35. The molecule has 3 aromatic rings. The largest absolute Gasteiger partial charge is 0.322 e. The zero-order valence-electron chi connectivity index (χ0n) is 15.6. The zero-order valence-corrected chi connectivity index (χ0v) is 15.6. The topological polar surface area (TPSA) is 62.3 Å². The van der Waals surface area contributed by atoms with Gasteiger partial charge < -0.3 is 10.2 Å². The molecule has 0 fully saturated rings. The Morgan fingerprint density at radius 1 is 0.926 bits per heavy atom. The van der Waals surface area contributed by atoms with Crippen LogP contribution in [0.15, 0.2) is 66.9 Å². The Morgan fingerprint density at radius 2 is 1.59 bits per heavy atom. The normalized spacial score (nSPS) is 10.3. The van der Waals surface area contributed by atoms with Crippen LogP contribution in [0, 0.1) is 13.8 Å². The standard InChI is InChI=1S/C22H21N3O2/c1-15-8-7-9-16(2)20(15)24-21(26)17-12-13-23-19(14-17)22(27)25(3)18-10-5-4-6-11-18/h4-14H,1-3H3,(H,24,26). The molecule has 0 bridgehead atoms. The predicted octanol–water partition coefficient (Wildman–Crippen LogP) is 4.23. The van der Waals surface area contributed by atoms with Gasteiger partial charge in [-0.05, 0) is 49.2 Å². The third-order valence-electron chi connectivity index (χ3n) is 4.41. The van der Waals surface area contributed by atoms with Crippen molar-refractivity contribution in [2.45, 2.75) is 13.8 Å². The molecule has 0 spiro atoms. The molecule has 1 heterocycles. The highest BCUT2D eigenvalue weighted by Gasteiger charge is 2.17. The number of nitrogens with zero attached hydrogens (tertiary/aromatic N) is 2. The molecule has 0 saturated carbocycles. The number of carbonyl (C=O) groups is 2. The fourth-order valence-corrected chi connectivity index (χ4v) is 2.83. The molecule has 2 amide bonds. The van der Waals surface area contributed by atoms with Gasteiger partial charge in [0.1, 0.15) is 5.69 Å². The minimum Gasteiger partial charge on any atom is -0.322 e. The summed E-state index contributed by atoms with van der Waals surface area (Å²) in [6.07, 6.45) is 1.48. The number of rotatable bonds is 4. The number of benzene rings is 2. The molecule has 0 aliphatic heterocycles. The summed E-state index contributed by atoms with van der Waals surface area (Å²) in [5.41, 5.74) is 4.12. The van der Waals surface area contributed by atoms with E-state index in [1.807, 2.05) is 62.4 Å². The number of anilines is 2. The molecular weight excluding hydrogens is 338 g/mol. The van der Waals surface area contributed by atoms with E-state index in [9.17, 15) is 9.59 Å². The molecule has 2 aromatic carbocycles. The van der Waals surface area contributed by atoms with E-state index in [1.165, 1.54) is 17.2 Å². The number of amides is 2. The van der Waals surface area contributed by atoms with E-state index in [4.69, 9.17) is 0 Å². The first-order valence-corrected chi connectivity index (χ1v) is 8.64. The molecule has 3 rings (SSSR count). The van der Waals surface area contributed by atoms with Crippen molar-refractivity contribution in [3.05, 3.63) is 89.2 Å². The maximum absolute atomic E-state index is 12.7. The van der Waals surface area contributed by atoms with Crippen LogP contribution in [0.2, 0.25) is 0 Å². The van der Waals surface area contributed by atoms with Crippen molar-refractivity contribution < 1.29 is 9.59 Å². The highest BCUT2D eigenvalue weighted by Crippen LogP contribution is 2.21. The first-order chi connectivity index (χ1) is 13.0. The van der Waals surface area contributed by atoms with Crippen molar-refractivity contribution in [2.24, 2.45) is 0 Å². The van der Waals surface area contributed by atoms with Gasteiger partial charge in [-0.15, -0.1) is 0 Å². The van der Waals surface area contributed by atoms with Gasteiger partial charge in [0, 0.05) is 30.2 Å². The molecule has 136 valence electrons. The molecule has 0 aliphatic carbocycles. The summed E-state index contributed by atoms with van der Waals surface area (Å²) in [5, 5.41) is 2.93. The second kappa shape index (κ2) is 7.83. The molecule has 0 aliphatic rings. The van der Waals surface area contributed by atoms with Crippen LogP contribution in [0.3, 0.4) is 0 Å². The van der Waals surface area contributed by atoms with Gasteiger partial charge in [0.2, 0.25) is 0 Å². The van der Waals surface area contributed by atoms with Crippen molar-refractivity contribution >= 4 is 23.2 Å². The van der Waals surface area contributed by atoms with Crippen LogP contribution in [0.4, 0.5) is 11.4 Å². The number of aryl methyl sites for hydroxylation is 2. The molecule has 0 unspecified atom stereocenters. The molecule has 0 radical (unpaired) electrons. The Morgan fingerprint density at radius 3 is 2.26 bits per heavy atom. The summed E-state index contributed by atoms with van der Waals surface area (Å²) in [5.74, 6) is -0.547. The van der Waals surface area contributed by atoms with Gasteiger partial charge >= 0.3 is 0 Å². The van der Waals surface area contributed by atoms with Crippen LogP contribution >= 0.6 is 0 Å². The van der Waals surface area contributed by atoms with Gasteiger partial charge in [-0.25, -0.2) is 0 Å². The van der Waals surface area contributed by atoms with Crippen LogP contribution in [0.1, 0.15) is 32.0 Å². The minimum absolute atomic E-state index is 0.218. The number of hydrogen-bond donors (Lipinski definition) is 1. The molecule has 5 nitrogen and oxygen atoms in total. The molecule has 0 atom stereocenters. The van der Waals surface area contributed by atoms with Gasteiger partial charge in [0.25, 0.3) is 11.8 Å². The molecule has 27 heavy (non-hydrogen) atoms. The lowest BCUT2D eigenvalue weighted by molar-refractivity contribution is 0.0988. The molecule has 1 aromatic heterocycles. The lowest BCUT2D eigenvalue weighted by Crippen LogP contribution is -2.27. The average molecular weight is 359 g/mol. The maximum Gasteiger partial charge on any atom is 0.276 e. The van der Waals surface area contributed by atoms with E-state index in [0.717, 1.165) is 22.5 Å². The quantitative estimate of drug-likeness (QED) is 0.758. The fraction of sp³-hybridized carbons (Fsp3) is 0.136. The number of para-hydroxylation sites is 2. The number of aromatic nitrogens is 1. The Bertz CT molecular complexity index is 964. The van der Waals surface area contributed by atoms with Gasteiger partial charge in [-0.3, -0.25) is 14.6 Å². The van der Waals surface area contributed by atoms with E-state index in [1.54, 1.807) is 13.1 Å². The second-order valence-corrected chi connectivity index (χ2v) is 6.35. The van der Waals surface area contributed by atoms with Crippen molar-refractivity contribution in [1.29, 1.82) is 0 Å². The predicted molar refractivity (Wildman–Crippen MR) is 107 cm³/mol. The number of nitrogens with one attached hydrogen (secondary N) is 1. The Balaban J connectivity index is 1.83. The molecule has 1 N–H and O–H groups in total. The Labute approximate surface area is 158 Å². The molecule has 5 heteroatoms. The number of pyridine rings is 1. The van der Waals surface area contributed by atoms with Crippen LogP contribution in [-0.4, -0.2) is 23.8 Å². The van der Waals surface area contributed by atoms with Crippen LogP contribution in [-0.2, 0) is 0 Å². The average Bonchev–Trinajstić information content (AvgIpc) is 2.70. The monoisotopic (exact) mass is 359 g/mol. The maximum atomic E-state index is 12.7. The first-order valence-electron chi connectivity index (χ1n) is 8.64. The van der Waals surface area contributed by atoms with Crippen LogP contribution in [0.5, 0.6) is 0 Å². The summed E-state index contributed by atoms with van der Waals surface area (Å²) >= 11 is 0. The summed E-state index contributed by atoms with van der Waals surface area (Å²) < 4.78 is 0. The van der Waals surface area contributed by atoms with Crippen molar-refractivity contribution in [1.82, 2.24) is 4.98 Å². The molecule has 0 saturated heterocycles. The van der Waals surface area contributed by atoms with Gasteiger partial charge in [-0.1, -0.05) is 36.4 Å².